The summed E-state index contributed by atoms with van der Waals surface area (Å²) < 4.78 is 26.0. The van der Waals surface area contributed by atoms with Crippen molar-refractivity contribution in [1.29, 1.82) is 0 Å². The van der Waals surface area contributed by atoms with Gasteiger partial charge in [0, 0.05) is 5.88 Å². The molecule has 0 N–H and O–H groups in total. The summed E-state index contributed by atoms with van der Waals surface area (Å²) in [6, 6.07) is 10.5. The summed E-state index contributed by atoms with van der Waals surface area (Å²) in [4.78, 5) is 0. The van der Waals surface area contributed by atoms with Crippen molar-refractivity contribution < 1.29 is 8.78 Å². The molecule has 82 valence electrons. The predicted molar refractivity (Wildman–Crippen MR) is 61.4 cm³/mol. The lowest BCUT2D eigenvalue weighted by atomic mass is 10.0. The fraction of sp³-hybridized carbons (Fsp3) is 0.0769. The standard InChI is InChI=1S/C13H9ClF2/c14-8-9-5-11(7-13(16)6-9)10-1-3-12(15)4-2-10/h1-7H,8H2. The van der Waals surface area contributed by atoms with Crippen LogP contribution in [0.25, 0.3) is 11.1 Å². The molecule has 16 heavy (non-hydrogen) atoms. The molecule has 0 radical (unpaired) electrons. The molecule has 0 saturated heterocycles. The van der Waals surface area contributed by atoms with E-state index in [9.17, 15) is 8.78 Å². The molecule has 0 spiro atoms. The quantitative estimate of drug-likeness (QED) is 0.682. The summed E-state index contributed by atoms with van der Waals surface area (Å²) in [5.41, 5.74) is 2.18. The number of hydrogen-bond acceptors (Lipinski definition) is 0. The molecule has 2 aromatic carbocycles. The van der Waals surface area contributed by atoms with E-state index in [-0.39, 0.29) is 17.5 Å². The van der Waals surface area contributed by atoms with Crippen molar-refractivity contribution in [2.45, 2.75) is 5.88 Å². The molecule has 0 fully saturated rings. The molecular formula is C13H9ClF2. The molecule has 0 amide bonds. The average molecular weight is 239 g/mol. The van der Waals surface area contributed by atoms with Gasteiger partial charge in [0.1, 0.15) is 11.6 Å². The topological polar surface area (TPSA) is 0 Å². The average Bonchev–Trinajstić information content (AvgIpc) is 2.29. The van der Waals surface area contributed by atoms with Crippen molar-refractivity contribution in [3.8, 4) is 11.1 Å². The predicted octanol–water partition coefficient (Wildman–Crippen LogP) is 4.37. The molecule has 0 nitrogen and oxygen atoms in total. The van der Waals surface area contributed by atoms with Gasteiger partial charge >= 0.3 is 0 Å². The van der Waals surface area contributed by atoms with Crippen LogP contribution in [0.3, 0.4) is 0 Å². The minimum Gasteiger partial charge on any atom is -0.207 e. The maximum Gasteiger partial charge on any atom is 0.124 e. The monoisotopic (exact) mass is 238 g/mol. The Morgan fingerprint density at radius 1 is 0.812 bits per heavy atom. The molecule has 0 bridgehead atoms. The molecule has 0 atom stereocenters. The normalized spacial score (nSPS) is 10.4. The van der Waals surface area contributed by atoms with E-state index < -0.39 is 0 Å². The zero-order valence-corrected chi connectivity index (χ0v) is 9.14. The van der Waals surface area contributed by atoms with Crippen LogP contribution in [0.5, 0.6) is 0 Å². The minimum absolute atomic E-state index is 0.256. The molecule has 3 heteroatoms. The van der Waals surface area contributed by atoms with Gasteiger partial charge in [-0.15, -0.1) is 11.6 Å². The minimum atomic E-state index is -0.336. The highest BCUT2D eigenvalue weighted by atomic mass is 35.5. The Bertz CT molecular complexity index is 492. The van der Waals surface area contributed by atoms with Crippen LogP contribution < -0.4 is 0 Å². The van der Waals surface area contributed by atoms with E-state index in [0.717, 1.165) is 5.56 Å². The van der Waals surface area contributed by atoms with Gasteiger partial charge in [0.2, 0.25) is 0 Å². The molecule has 0 unspecified atom stereocenters. The molecule has 2 aromatic rings. The van der Waals surface area contributed by atoms with Gasteiger partial charge in [-0.2, -0.15) is 0 Å². The third-order valence-electron chi connectivity index (χ3n) is 2.29. The molecule has 0 aliphatic rings. The Morgan fingerprint density at radius 2 is 1.50 bits per heavy atom. The fourth-order valence-electron chi connectivity index (χ4n) is 1.54. The maximum absolute atomic E-state index is 13.2. The number of alkyl halides is 1. The van der Waals surface area contributed by atoms with Crippen molar-refractivity contribution >= 4 is 11.6 Å². The summed E-state index contributed by atoms with van der Waals surface area (Å²) in [6.07, 6.45) is 0. The van der Waals surface area contributed by atoms with Crippen molar-refractivity contribution in [2.24, 2.45) is 0 Å². The van der Waals surface area contributed by atoms with Gasteiger partial charge in [-0.3, -0.25) is 0 Å². The first-order valence-corrected chi connectivity index (χ1v) is 5.34. The van der Waals surface area contributed by atoms with E-state index in [2.05, 4.69) is 0 Å². The summed E-state index contributed by atoms with van der Waals surface area (Å²) in [5, 5.41) is 0. The number of rotatable bonds is 2. The smallest absolute Gasteiger partial charge is 0.124 e. The Balaban J connectivity index is 2.47. The Morgan fingerprint density at radius 3 is 2.12 bits per heavy atom. The van der Waals surface area contributed by atoms with Crippen LogP contribution in [0.1, 0.15) is 5.56 Å². The first-order valence-electron chi connectivity index (χ1n) is 4.80. The Kier molecular flexibility index (Phi) is 3.20. The lowest BCUT2D eigenvalue weighted by Crippen LogP contribution is -1.86. The second-order valence-electron chi connectivity index (χ2n) is 3.49. The van der Waals surface area contributed by atoms with E-state index in [4.69, 9.17) is 11.6 Å². The first kappa shape index (κ1) is 11.1. The molecule has 2 rings (SSSR count). The van der Waals surface area contributed by atoms with Crippen molar-refractivity contribution in [3.63, 3.8) is 0 Å². The summed E-state index contributed by atoms with van der Waals surface area (Å²) >= 11 is 5.66. The van der Waals surface area contributed by atoms with Crippen molar-refractivity contribution in [3.05, 3.63) is 59.7 Å². The van der Waals surface area contributed by atoms with Crippen molar-refractivity contribution in [2.75, 3.05) is 0 Å². The number of halogens is 3. The second kappa shape index (κ2) is 4.62. The van der Waals surface area contributed by atoms with Crippen LogP contribution in [0.2, 0.25) is 0 Å². The fourth-order valence-corrected chi connectivity index (χ4v) is 1.69. The molecule has 0 aliphatic carbocycles. The largest absolute Gasteiger partial charge is 0.207 e. The van der Waals surface area contributed by atoms with Gasteiger partial charge in [-0.25, -0.2) is 8.78 Å². The van der Waals surface area contributed by atoms with Gasteiger partial charge < -0.3 is 0 Å². The van der Waals surface area contributed by atoms with Gasteiger partial charge in [0.05, 0.1) is 0 Å². The maximum atomic E-state index is 13.2. The van der Waals surface area contributed by atoms with Crippen LogP contribution >= 0.6 is 11.6 Å². The zero-order chi connectivity index (χ0) is 11.5. The van der Waals surface area contributed by atoms with E-state index >= 15 is 0 Å². The lowest BCUT2D eigenvalue weighted by molar-refractivity contribution is 0.626. The SMILES string of the molecule is Fc1ccc(-c2cc(F)cc(CCl)c2)cc1. The summed E-state index contributed by atoms with van der Waals surface area (Å²) in [7, 11) is 0. The second-order valence-corrected chi connectivity index (χ2v) is 3.76. The number of benzene rings is 2. The third kappa shape index (κ3) is 2.39. The summed E-state index contributed by atoms with van der Waals surface area (Å²) in [6.45, 7) is 0. The molecule has 0 saturated carbocycles. The highest BCUT2D eigenvalue weighted by Crippen LogP contribution is 2.23. The Labute approximate surface area is 97.5 Å². The molecular weight excluding hydrogens is 230 g/mol. The molecule has 0 aliphatic heterocycles. The van der Waals surface area contributed by atoms with E-state index in [1.165, 1.54) is 24.3 Å². The van der Waals surface area contributed by atoms with Gasteiger partial charge in [-0.05, 0) is 47.0 Å². The molecule has 0 aromatic heterocycles. The lowest BCUT2D eigenvalue weighted by Gasteiger charge is -2.04. The highest BCUT2D eigenvalue weighted by Gasteiger charge is 2.03. The van der Waals surface area contributed by atoms with Crippen LogP contribution in [0.15, 0.2) is 42.5 Å². The van der Waals surface area contributed by atoms with E-state index in [1.807, 2.05) is 0 Å². The van der Waals surface area contributed by atoms with Crippen molar-refractivity contribution in [1.82, 2.24) is 0 Å². The Hall–Kier alpha value is -1.41. The van der Waals surface area contributed by atoms with Crippen LogP contribution in [-0.4, -0.2) is 0 Å². The van der Waals surface area contributed by atoms with Gasteiger partial charge in [0.25, 0.3) is 0 Å². The summed E-state index contributed by atoms with van der Waals surface area (Å²) in [5.74, 6) is -0.387. The van der Waals surface area contributed by atoms with Crippen LogP contribution in [-0.2, 0) is 5.88 Å². The van der Waals surface area contributed by atoms with E-state index in [0.29, 0.717) is 11.1 Å². The first-order chi connectivity index (χ1) is 7.69. The van der Waals surface area contributed by atoms with Crippen LogP contribution in [0, 0.1) is 11.6 Å². The third-order valence-corrected chi connectivity index (χ3v) is 2.60. The number of hydrogen-bond donors (Lipinski definition) is 0. The van der Waals surface area contributed by atoms with Gasteiger partial charge in [-0.1, -0.05) is 12.1 Å². The zero-order valence-electron chi connectivity index (χ0n) is 8.38. The molecule has 0 heterocycles. The highest BCUT2D eigenvalue weighted by molar-refractivity contribution is 6.17. The van der Waals surface area contributed by atoms with Crippen LogP contribution in [0.4, 0.5) is 8.78 Å². The van der Waals surface area contributed by atoms with E-state index in [1.54, 1.807) is 18.2 Å². The van der Waals surface area contributed by atoms with Gasteiger partial charge in [0.15, 0.2) is 0 Å².